The maximum Gasteiger partial charge on any atom is 0.137 e. The number of nitrogens with one attached hydrogen (secondary N) is 1. The first kappa shape index (κ1) is 12.4. The lowest BCUT2D eigenvalue weighted by atomic mass is 10.3. The van der Waals surface area contributed by atoms with E-state index in [2.05, 4.69) is 21.4 Å². The van der Waals surface area contributed by atoms with Gasteiger partial charge in [0.1, 0.15) is 18.2 Å². The Labute approximate surface area is 120 Å². The molecule has 0 bridgehead atoms. The van der Waals surface area contributed by atoms with Crippen molar-refractivity contribution < 1.29 is 0 Å². The summed E-state index contributed by atoms with van der Waals surface area (Å²) in [5, 5.41) is 13.9. The van der Waals surface area contributed by atoms with E-state index in [1.165, 1.54) is 0 Å². The number of anilines is 1. The molecule has 3 heterocycles. The molecule has 3 aromatic rings. The molecular weight excluding hydrogens is 270 g/mol. The van der Waals surface area contributed by atoms with Crippen molar-refractivity contribution in [2.75, 3.05) is 5.32 Å². The van der Waals surface area contributed by atoms with E-state index in [1.807, 2.05) is 34.3 Å². The van der Waals surface area contributed by atoms with E-state index >= 15 is 0 Å². The zero-order valence-corrected chi connectivity index (χ0v) is 11.3. The molecule has 0 aliphatic rings. The summed E-state index contributed by atoms with van der Waals surface area (Å²) >= 11 is 1.58. The molecular formula is C14H11N5S. The highest BCUT2D eigenvalue weighted by atomic mass is 32.1. The number of nitrogens with zero attached hydrogens (tertiary/aromatic N) is 4. The van der Waals surface area contributed by atoms with Gasteiger partial charge in [-0.05, 0) is 18.2 Å². The van der Waals surface area contributed by atoms with Crippen molar-refractivity contribution in [3.05, 3.63) is 58.9 Å². The Kier molecular flexibility index (Phi) is 3.44. The molecule has 3 aromatic heterocycles. The number of hydrogen-bond donors (Lipinski definition) is 1. The fourth-order valence-corrected chi connectivity index (χ4v) is 2.51. The van der Waals surface area contributed by atoms with Crippen LogP contribution in [0.4, 0.5) is 5.69 Å². The van der Waals surface area contributed by atoms with Crippen LogP contribution in [0, 0.1) is 11.3 Å². The summed E-state index contributed by atoms with van der Waals surface area (Å²) in [4.78, 5) is 9.48. The average molecular weight is 281 g/mol. The van der Waals surface area contributed by atoms with E-state index in [0.717, 1.165) is 16.4 Å². The maximum atomic E-state index is 8.78. The normalized spacial score (nSPS) is 10.2. The van der Waals surface area contributed by atoms with Crippen molar-refractivity contribution in [1.29, 1.82) is 5.26 Å². The quantitative estimate of drug-likeness (QED) is 0.798. The van der Waals surface area contributed by atoms with Crippen molar-refractivity contribution in [2.24, 2.45) is 0 Å². The molecule has 5 nitrogen and oxygen atoms in total. The van der Waals surface area contributed by atoms with Crippen LogP contribution >= 0.6 is 11.3 Å². The van der Waals surface area contributed by atoms with Crippen LogP contribution in [0.2, 0.25) is 0 Å². The highest BCUT2D eigenvalue weighted by Crippen LogP contribution is 2.16. The van der Waals surface area contributed by atoms with Gasteiger partial charge < -0.3 is 5.32 Å². The van der Waals surface area contributed by atoms with E-state index in [0.29, 0.717) is 12.1 Å². The van der Waals surface area contributed by atoms with Crippen LogP contribution in [-0.4, -0.2) is 14.5 Å². The summed E-state index contributed by atoms with van der Waals surface area (Å²) in [5.41, 5.74) is 1.65. The highest BCUT2D eigenvalue weighted by molar-refractivity contribution is 7.10. The van der Waals surface area contributed by atoms with Crippen LogP contribution in [-0.2, 0) is 6.54 Å². The number of thiophene rings is 1. The lowest BCUT2D eigenvalue weighted by Gasteiger charge is -2.06. The second-order valence-electron chi connectivity index (χ2n) is 4.14. The fourth-order valence-electron chi connectivity index (χ4n) is 1.76. The number of nitriles is 1. The number of aromatic nitrogens is 3. The molecule has 20 heavy (non-hydrogen) atoms. The Balaban J connectivity index is 1.65. The van der Waals surface area contributed by atoms with Gasteiger partial charge in [-0.2, -0.15) is 5.26 Å². The Bertz CT molecular complexity index is 722. The van der Waals surface area contributed by atoms with Crippen molar-refractivity contribution in [2.45, 2.75) is 6.54 Å². The molecule has 0 unspecified atom stereocenters. The monoisotopic (exact) mass is 281 g/mol. The smallest absolute Gasteiger partial charge is 0.137 e. The van der Waals surface area contributed by atoms with Crippen molar-refractivity contribution in [3.63, 3.8) is 0 Å². The van der Waals surface area contributed by atoms with E-state index in [9.17, 15) is 0 Å². The summed E-state index contributed by atoms with van der Waals surface area (Å²) in [6.07, 6.45) is 7.07. The summed E-state index contributed by atoms with van der Waals surface area (Å²) < 4.78 is 1.85. The molecule has 0 fully saturated rings. The highest BCUT2D eigenvalue weighted by Gasteiger charge is 2.01. The second kappa shape index (κ2) is 5.55. The molecule has 98 valence electrons. The van der Waals surface area contributed by atoms with Crippen LogP contribution in [0.5, 0.6) is 0 Å². The molecule has 0 radical (unpaired) electrons. The number of pyridine rings is 1. The minimum atomic E-state index is 0.693. The lowest BCUT2D eigenvalue weighted by molar-refractivity contribution is 0.991. The van der Waals surface area contributed by atoms with Crippen molar-refractivity contribution in [1.82, 2.24) is 14.5 Å². The predicted octanol–water partition coefficient (Wildman–Crippen LogP) is 2.81. The van der Waals surface area contributed by atoms with Gasteiger partial charge in [-0.1, -0.05) is 0 Å². The van der Waals surface area contributed by atoms with Crippen molar-refractivity contribution in [3.8, 4) is 11.9 Å². The van der Waals surface area contributed by atoms with Crippen molar-refractivity contribution >= 4 is 17.0 Å². The van der Waals surface area contributed by atoms with E-state index in [1.54, 1.807) is 30.1 Å². The van der Waals surface area contributed by atoms with Crippen LogP contribution in [0.3, 0.4) is 0 Å². The van der Waals surface area contributed by atoms with E-state index < -0.39 is 0 Å². The first-order valence-corrected chi connectivity index (χ1v) is 6.89. The van der Waals surface area contributed by atoms with Gasteiger partial charge in [-0.15, -0.1) is 11.3 Å². The molecule has 6 heteroatoms. The fraction of sp³-hybridized carbons (Fsp3) is 0.0714. The van der Waals surface area contributed by atoms with Gasteiger partial charge in [0.05, 0.1) is 17.4 Å². The van der Waals surface area contributed by atoms with Gasteiger partial charge in [0.15, 0.2) is 0 Å². The largest absolute Gasteiger partial charge is 0.379 e. The number of imidazole rings is 1. The van der Waals surface area contributed by atoms with Crippen LogP contribution in [0.25, 0.3) is 5.82 Å². The third kappa shape index (κ3) is 2.68. The van der Waals surface area contributed by atoms with Gasteiger partial charge in [0.2, 0.25) is 0 Å². The number of hydrogen-bond acceptors (Lipinski definition) is 5. The third-order valence-electron chi connectivity index (χ3n) is 2.77. The lowest BCUT2D eigenvalue weighted by Crippen LogP contribution is -1.99. The average Bonchev–Trinajstić information content (AvgIpc) is 3.17. The van der Waals surface area contributed by atoms with Crippen LogP contribution in [0.15, 0.2) is 48.5 Å². The topological polar surface area (TPSA) is 66.5 Å². The molecule has 0 aromatic carbocycles. The van der Waals surface area contributed by atoms with Crippen LogP contribution < -0.4 is 5.32 Å². The minimum Gasteiger partial charge on any atom is -0.379 e. The standard InChI is InChI=1S/C14H11N5S/c15-6-11-5-13(20-9-11)8-17-12-1-2-14(18-7-12)19-4-3-16-10-19/h1-5,7,9-10,17H,8H2. The first-order valence-electron chi connectivity index (χ1n) is 6.01. The van der Waals surface area contributed by atoms with Gasteiger partial charge >= 0.3 is 0 Å². The first-order chi connectivity index (χ1) is 9.85. The molecule has 0 aliphatic carbocycles. The Morgan fingerprint density at radius 2 is 2.35 bits per heavy atom. The molecule has 0 saturated carbocycles. The molecule has 0 amide bonds. The van der Waals surface area contributed by atoms with E-state index in [4.69, 9.17) is 5.26 Å². The van der Waals surface area contributed by atoms with Gasteiger partial charge in [-0.3, -0.25) is 4.57 Å². The second-order valence-corrected chi connectivity index (χ2v) is 5.14. The Morgan fingerprint density at radius 3 is 3.00 bits per heavy atom. The Hall–Kier alpha value is -2.65. The number of rotatable bonds is 4. The maximum absolute atomic E-state index is 8.78. The van der Waals surface area contributed by atoms with Crippen LogP contribution in [0.1, 0.15) is 10.4 Å². The van der Waals surface area contributed by atoms with E-state index in [-0.39, 0.29) is 0 Å². The van der Waals surface area contributed by atoms with Gasteiger partial charge in [-0.25, -0.2) is 9.97 Å². The minimum absolute atomic E-state index is 0.693. The third-order valence-corrected chi connectivity index (χ3v) is 3.70. The summed E-state index contributed by atoms with van der Waals surface area (Å²) in [6.45, 7) is 0.693. The Morgan fingerprint density at radius 1 is 1.40 bits per heavy atom. The summed E-state index contributed by atoms with van der Waals surface area (Å²) in [6, 6.07) is 7.93. The molecule has 1 N–H and O–H groups in total. The molecule has 3 rings (SSSR count). The summed E-state index contributed by atoms with van der Waals surface area (Å²) in [5.74, 6) is 0.830. The predicted molar refractivity (Wildman–Crippen MR) is 77.7 cm³/mol. The molecule has 0 saturated heterocycles. The summed E-state index contributed by atoms with van der Waals surface area (Å²) in [7, 11) is 0. The van der Waals surface area contributed by atoms with Gasteiger partial charge in [0, 0.05) is 29.2 Å². The molecule has 0 atom stereocenters. The zero-order chi connectivity index (χ0) is 13.8. The molecule has 0 spiro atoms. The SMILES string of the molecule is N#Cc1csc(CNc2ccc(-n3ccnc3)nc2)c1. The zero-order valence-electron chi connectivity index (χ0n) is 10.5. The molecule has 0 aliphatic heterocycles. The van der Waals surface area contributed by atoms with Gasteiger partial charge in [0.25, 0.3) is 0 Å².